The zero-order valence-electron chi connectivity index (χ0n) is 16.1. The number of nitrogens with zero attached hydrogens (tertiary/aromatic N) is 1. The van der Waals surface area contributed by atoms with Crippen LogP contribution in [0.1, 0.15) is 22.8 Å². The van der Waals surface area contributed by atoms with Crippen molar-refractivity contribution >= 4 is 34.9 Å². The maximum Gasteiger partial charge on any atom is 0.339 e. The molecule has 0 saturated heterocycles. The molecule has 0 aromatic heterocycles. The Morgan fingerprint density at radius 3 is 2.24 bits per heavy atom. The predicted octanol–water partition coefficient (Wildman–Crippen LogP) is 3.76. The Bertz CT molecular complexity index is 937. The first-order chi connectivity index (χ1) is 13.7. The van der Waals surface area contributed by atoms with Crippen LogP contribution < -0.4 is 14.8 Å². The number of halogens is 1. The molecule has 0 heterocycles. The zero-order chi connectivity index (χ0) is 21.7. The standard InChI is InChI=1S/C19H19ClN2O7/c1-10-16(27-3)7-12(8-17(10)28-4)19(24)29-11(2)18(23)21-15-9-13(22(25)26)5-6-14(15)20/h5-9,11H,1-4H3,(H,21,23). The molecule has 0 spiro atoms. The molecule has 1 N–H and O–H groups in total. The molecule has 0 aliphatic heterocycles. The smallest absolute Gasteiger partial charge is 0.339 e. The van der Waals surface area contributed by atoms with Crippen LogP contribution >= 0.6 is 11.6 Å². The largest absolute Gasteiger partial charge is 0.496 e. The van der Waals surface area contributed by atoms with Crippen LogP contribution in [-0.4, -0.2) is 37.1 Å². The molecule has 29 heavy (non-hydrogen) atoms. The van der Waals surface area contributed by atoms with E-state index in [1.165, 1.54) is 45.4 Å². The fourth-order valence-corrected chi connectivity index (χ4v) is 2.61. The molecule has 2 aromatic carbocycles. The highest BCUT2D eigenvalue weighted by atomic mass is 35.5. The number of hydrogen-bond donors (Lipinski definition) is 1. The summed E-state index contributed by atoms with van der Waals surface area (Å²) in [7, 11) is 2.91. The molecule has 2 rings (SSSR count). The van der Waals surface area contributed by atoms with Crippen LogP contribution in [0.4, 0.5) is 11.4 Å². The van der Waals surface area contributed by atoms with E-state index < -0.39 is 22.9 Å². The quantitative estimate of drug-likeness (QED) is 0.410. The van der Waals surface area contributed by atoms with Gasteiger partial charge in [-0.2, -0.15) is 0 Å². The molecule has 0 radical (unpaired) electrons. The summed E-state index contributed by atoms with van der Waals surface area (Å²) in [6.07, 6.45) is -1.20. The Kier molecular flexibility index (Phi) is 7.00. The summed E-state index contributed by atoms with van der Waals surface area (Å²) in [5.74, 6) is -0.616. The lowest BCUT2D eigenvalue weighted by atomic mass is 10.1. The third-order valence-corrected chi connectivity index (χ3v) is 4.39. The minimum absolute atomic E-state index is 0.0347. The van der Waals surface area contributed by atoms with E-state index >= 15 is 0 Å². The average Bonchev–Trinajstić information content (AvgIpc) is 2.69. The highest BCUT2D eigenvalue weighted by molar-refractivity contribution is 6.33. The van der Waals surface area contributed by atoms with Gasteiger partial charge in [-0.25, -0.2) is 4.79 Å². The number of hydrogen-bond acceptors (Lipinski definition) is 7. The van der Waals surface area contributed by atoms with Crippen molar-refractivity contribution in [1.82, 2.24) is 0 Å². The van der Waals surface area contributed by atoms with Gasteiger partial charge in [0.1, 0.15) is 11.5 Å². The SMILES string of the molecule is COc1cc(C(=O)OC(C)C(=O)Nc2cc([N+](=O)[O-])ccc2Cl)cc(OC)c1C. The summed E-state index contributed by atoms with van der Waals surface area (Å²) in [5, 5.41) is 13.4. The van der Waals surface area contributed by atoms with Gasteiger partial charge < -0.3 is 19.5 Å². The minimum atomic E-state index is -1.20. The number of non-ortho nitro benzene ring substituents is 1. The summed E-state index contributed by atoms with van der Waals surface area (Å²) in [4.78, 5) is 35.0. The second-order valence-corrected chi connectivity index (χ2v) is 6.37. The van der Waals surface area contributed by atoms with Crippen LogP contribution in [-0.2, 0) is 9.53 Å². The van der Waals surface area contributed by atoms with Crippen LogP contribution in [0.5, 0.6) is 11.5 Å². The van der Waals surface area contributed by atoms with E-state index in [1.807, 2.05) is 0 Å². The van der Waals surface area contributed by atoms with Gasteiger partial charge in [0.2, 0.25) is 0 Å². The van der Waals surface area contributed by atoms with Gasteiger partial charge in [-0.1, -0.05) is 11.6 Å². The van der Waals surface area contributed by atoms with Crippen molar-refractivity contribution in [2.75, 3.05) is 19.5 Å². The van der Waals surface area contributed by atoms with E-state index in [0.29, 0.717) is 17.1 Å². The van der Waals surface area contributed by atoms with E-state index in [0.717, 1.165) is 6.07 Å². The number of esters is 1. The minimum Gasteiger partial charge on any atom is -0.496 e. The first kappa shape index (κ1) is 22.0. The number of nitrogens with one attached hydrogen (secondary N) is 1. The van der Waals surface area contributed by atoms with Crippen LogP contribution in [0, 0.1) is 17.0 Å². The summed E-state index contributed by atoms with van der Waals surface area (Å²) in [6.45, 7) is 3.13. The molecule has 1 atom stereocenters. The summed E-state index contributed by atoms with van der Waals surface area (Å²) < 4.78 is 15.6. The van der Waals surface area contributed by atoms with Crippen molar-refractivity contribution in [1.29, 1.82) is 0 Å². The van der Waals surface area contributed by atoms with Crippen molar-refractivity contribution in [2.45, 2.75) is 20.0 Å². The number of ether oxygens (including phenoxy) is 3. The first-order valence-electron chi connectivity index (χ1n) is 8.36. The fraction of sp³-hybridized carbons (Fsp3) is 0.263. The predicted molar refractivity (Wildman–Crippen MR) is 106 cm³/mol. The van der Waals surface area contributed by atoms with Gasteiger partial charge >= 0.3 is 5.97 Å². The normalized spacial score (nSPS) is 11.3. The van der Waals surface area contributed by atoms with Gasteiger partial charge in [-0.05, 0) is 32.0 Å². The fourth-order valence-electron chi connectivity index (χ4n) is 2.44. The lowest BCUT2D eigenvalue weighted by Crippen LogP contribution is -2.30. The molecule has 0 bridgehead atoms. The van der Waals surface area contributed by atoms with E-state index in [4.69, 9.17) is 25.8 Å². The molecule has 2 aromatic rings. The number of carbonyl (C=O) groups excluding carboxylic acids is 2. The Labute approximate surface area is 171 Å². The molecule has 154 valence electrons. The van der Waals surface area contributed by atoms with Gasteiger partial charge in [0, 0.05) is 17.7 Å². The summed E-state index contributed by atoms with van der Waals surface area (Å²) in [6, 6.07) is 6.56. The second kappa shape index (κ2) is 9.24. The van der Waals surface area contributed by atoms with Gasteiger partial charge in [0.25, 0.3) is 11.6 Å². The maximum absolute atomic E-state index is 12.4. The lowest BCUT2D eigenvalue weighted by Gasteiger charge is -2.16. The Hall–Kier alpha value is -3.33. The molecular weight excluding hydrogens is 404 g/mol. The van der Waals surface area contributed by atoms with Crippen molar-refractivity contribution in [3.05, 3.63) is 56.6 Å². The number of carbonyl (C=O) groups is 2. The molecule has 0 fully saturated rings. The van der Waals surface area contributed by atoms with Crippen LogP contribution in [0.2, 0.25) is 5.02 Å². The second-order valence-electron chi connectivity index (χ2n) is 5.96. The molecule has 0 aliphatic carbocycles. The van der Waals surface area contributed by atoms with E-state index in [-0.39, 0.29) is 22.0 Å². The maximum atomic E-state index is 12.4. The van der Waals surface area contributed by atoms with Gasteiger partial charge in [0.15, 0.2) is 6.10 Å². The summed E-state index contributed by atoms with van der Waals surface area (Å²) >= 11 is 5.96. The number of nitro groups is 1. The molecular formula is C19H19ClN2O7. The van der Waals surface area contributed by atoms with Gasteiger partial charge in [-0.15, -0.1) is 0 Å². The number of anilines is 1. The number of amides is 1. The average molecular weight is 423 g/mol. The number of benzene rings is 2. The van der Waals surface area contributed by atoms with Crippen molar-refractivity contribution in [3.63, 3.8) is 0 Å². The molecule has 0 saturated carbocycles. The summed E-state index contributed by atoms with van der Waals surface area (Å²) in [5.41, 5.74) is 0.635. The molecule has 1 amide bonds. The van der Waals surface area contributed by atoms with E-state index in [9.17, 15) is 19.7 Å². The zero-order valence-corrected chi connectivity index (χ0v) is 16.9. The van der Waals surface area contributed by atoms with Gasteiger partial charge in [-0.3, -0.25) is 14.9 Å². The number of nitro benzene ring substituents is 1. The van der Waals surface area contributed by atoms with Crippen molar-refractivity contribution in [3.8, 4) is 11.5 Å². The Morgan fingerprint density at radius 1 is 1.14 bits per heavy atom. The number of rotatable bonds is 7. The molecule has 9 nitrogen and oxygen atoms in total. The topological polar surface area (TPSA) is 117 Å². The van der Waals surface area contributed by atoms with Crippen LogP contribution in [0.25, 0.3) is 0 Å². The highest BCUT2D eigenvalue weighted by Crippen LogP contribution is 2.30. The van der Waals surface area contributed by atoms with Crippen LogP contribution in [0.15, 0.2) is 30.3 Å². The molecule has 0 aliphatic rings. The van der Waals surface area contributed by atoms with Crippen molar-refractivity contribution < 1.29 is 28.7 Å². The molecule has 10 heteroatoms. The highest BCUT2D eigenvalue weighted by Gasteiger charge is 2.22. The Morgan fingerprint density at radius 2 is 1.72 bits per heavy atom. The van der Waals surface area contributed by atoms with Crippen LogP contribution in [0.3, 0.4) is 0 Å². The van der Waals surface area contributed by atoms with E-state index in [1.54, 1.807) is 6.92 Å². The van der Waals surface area contributed by atoms with Gasteiger partial charge in [0.05, 0.1) is 35.4 Å². The first-order valence-corrected chi connectivity index (χ1v) is 8.74. The lowest BCUT2D eigenvalue weighted by molar-refractivity contribution is -0.384. The van der Waals surface area contributed by atoms with E-state index in [2.05, 4.69) is 5.32 Å². The number of methoxy groups -OCH3 is 2. The molecule has 1 unspecified atom stereocenters. The van der Waals surface area contributed by atoms with Crippen molar-refractivity contribution in [2.24, 2.45) is 0 Å². The third kappa shape index (κ3) is 5.14. The monoisotopic (exact) mass is 422 g/mol. The Balaban J connectivity index is 2.15. The third-order valence-electron chi connectivity index (χ3n) is 4.06.